The van der Waals surface area contributed by atoms with Gasteiger partial charge in [0.15, 0.2) is 0 Å². The van der Waals surface area contributed by atoms with Crippen molar-refractivity contribution in [2.45, 2.75) is 18.8 Å². The van der Waals surface area contributed by atoms with E-state index >= 15 is 0 Å². The van der Waals surface area contributed by atoms with E-state index in [0.29, 0.717) is 5.56 Å². The fourth-order valence-corrected chi connectivity index (χ4v) is 2.47. The van der Waals surface area contributed by atoms with E-state index in [0.717, 1.165) is 0 Å². The molecule has 6 heteroatoms. The van der Waals surface area contributed by atoms with E-state index < -0.39 is 17.9 Å². The largest absolute Gasteiger partial charge is 0.453 e. The molecule has 1 heterocycles. The number of benzene rings is 2. The molecule has 2 aromatic carbocycles. The van der Waals surface area contributed by atoms with Crippen LogP contribution in [0.2, 0.25) is 0 Å². The molecule has 0 amide bonds. The van der Waals surface area contributed by atoms with Gasteiger partial charge in [0.1, 0.15) is 0 Å². The van der Waals surface area contributed by atoms with Crippen LogP contribution < -0.4 is 5.32 Å². The molecule has 1 N–H and O–H groups in total. The molecule has 0 saturated heterocycles. The number of esters is 1. The topological polar surface area (TPSA) is 38.3 Å². The summed E-state index contributed by atoms with van der Waals surface area (Å²) in [6.07, 6.45) is -4.82. The number of rotatable bonds is 1. The van der Waals surface area contributed by atoms with Gasteiger partial charge < -0.3 is 10.1 Å². The lowest BCUT2D eigenvalue weighted by atomic mass is 9.96. The quantitative estimate of drug-likeness (QED) is 0.810. The maximum atomic E-state index is 13.7. The van der Waals surface area contributed by atoms with Gasteiger partial charge >= 0.3 is 17.9 Å². The molecule has 1 atom stereocenters. The summed E-state index contributed by atoms with van der Waals surface area (Å²) >= 11 is 0. The predicted octanol–water partition coefficient (Wildman–Crippen LogP) is 3.99. The Labute approximate surface area is 124 Å². The molecule has 114 valence electrons. The number of alkyl halides is 3. The number of anilines is 1. The highest BCUT2D eigenvalue weighted by atomic mass is 19.4. The lowest BCUT2D eigenvalue weighted by Gasteiger charge is -2.40. The molecule has 0 radical (unpaired) electrons. The van der Waals surface area contributed by atoms with Crippen molar-refractivity contribution in [3.05, 3.63) is 65.2 Å². The molecular weight excluding hydrogens is 295 g/mol. The Hall–Kier alpha value is -2.50. The van der Waals surface area contributed by atoms with E-state index in [-0.39, 0.29) is 16.8 Å². The van der Waals surface area contributed by atoms with E-state index in [1.165, 1.54) is 30.3 Å². The van der Waals surface area contributed by atoms with E-state index in [1.807, 2.05) is 0 Å². The zero-order chi connectivity index (χ0) is 16.0. The van der Waals surface area contributed by atoms with Gasteiger partial charge in [-0.15, -0.1) is 0 Å². The lowest BCUT2D eigenvalue weighted by molar-refractivity contribution is -0.254. The zero-order valence-electron chi connectivity index (χ0n) is 11.6. The van der Waals surface area contributed by atoms with Gasteiger partial charge in [-0.25, -0.2) is 4.79 Å². The van der Waals surface area contributed by atoms with Crippen molar-refractivity contribution in [3.8, 4) is 0 Å². The molecule has 2 aromatic rings. The summed E-state index contributed by atoms with van der Waals surface area (Å²) in [5, 5.41) is 2.36. The van der Waals surface area contributed by atoms with Crippen molar-refractivity contribution >= 4 is 11.7 Å². The summed E-state index contributed by atoms with van der Waals surface area (Å²) in [5.41, 5.74) is -2.24. The maximum absolute atomic E-state index is 13.7. The molecule has 3 nitrogen and oxygen atoms in total. The number of ether oxygens (including phenoxy) is 1. The van der Waals surface area contributed by atoms with Crippen LogP contribution in [0.4, 0.5) is 18.9 Å². The first-order valence-corrected chi connectivity index (χ1v) is 6.58. The van der Waals surface area contributed by atoms with Crippen molar-refractivity contribution in [2.75, 3.05) is 5.32 Å². The maximum Gasteiger partial charge on any atom is 0.453 e. The molecule has 0 spiro atoms. The van der Waals surface area contributed by atoms with Crippen LogP contribution in [0.15, 0.2) is 48.5 Å². The SMILES string of the molecule is Cc1cccc([C@]2(C(F)(F)F)Nc3ccccc3C(=O)O2)c1. The van der Waals surface area contributed by atoms with E-state index in [9.17, 15) is 18.0 Å². The molecule has 0 aliphatic carbocycles. The first-order valence-electron chi connectivity index (χ1n) is 6.58. The molecule has 1 aliphatic rings. The van der Waals surface area contributed by atoms with E-state index in [2.05, 4.69) is 5.32 Å². The number of cyclic esters (lactones) is 1. The molecule has 0 bridgehead atoms. The predicted molar refractivity (Wildman–Crippen MR) is 74.4 cm³/mol. The third-order valence-electron chi connectivity index (χ3n) is 3.53. The fraction of sp³-hybridized carbons (Fsp3) is 0.188. The number of nitrogens with one attached hydrogen (secondary N) is 1. The summed E-state index contributed by atoms with van der Waals surface area (Å²) in [6, 6.07) is 11.8. The molecule has 0 aromatic heterocycles. The number of hydrogen-bond donors (Lipinski definition) is 1. The number of halogens is 3. The highest BCUT2D eigenvalue weighted by molar-refractivity contribution is 5.98. The summed E-state index contributed by atoms with van der Waals surface area (Å²) in [7, 11) is 0. The fourth-order valence-electron chi connectivity index (χ4n) is 2.47. The Balaban J connectivity index is 2.20. The Morgan fingerprint density at radius 1 is 1.09 bits per heavy atom. The molecule has 0 unspecified atom stereocenters. The van der Waals surface area contributed by atoms with Crippen LogP contribution in [0.5, 0.6) is 0 Å². The monoisotopic (exact) mass is 307 g/mol. The minimum absolute atomic E-state index is 0.0787. The van der Waals surface area contributed by atoms with Crippen LogP contribution in [0.25, 0.3) is 0 Å². The van der Waals surface area contributed by atoms with Crippen LogP contribution >= 0.6 is 0 Å². The first-order chi connectivity index (χ1) is 10.3. The molecule has 22 heavy (non-hydrogen) atoms. The van der Waals surface area contributed by atoms with Crippen molar-refractivity contribution in [1.82, 2.24) is 0 Å². The number of para-hydroxylation sites is 1. The third-order valence-corrected chi connectivity index (χ3v) is 3.53. The average Bonchev–Trinajstić information content (AvgIpc) is 2.46. The Morgan fingerprint density at radius 2 is 1.82 bits per heavy atom. The smallest absolute Gasteiger partial charge is 0.421 e. The summed E-state index contributed by atoms with van der Waals surface area (Å²) < 4.78 is 46.1. The van der Waals surface area contributed by atoms with Gasteiger partial charge in [-0.3, -0.25) is 0 Å². The zero-order valence-corrected chi connectivity index (χ0v) is 11.6. The summed E-state index contributed by atoms with van der Waals surface area (Å²) in [6.45, 7) is 1.67. The van der Waals surface area contributed by atoms with Gasteiger partial charge in [-0.1, -0.05) is 35.9 Å². The second-order valence-corrected chi connectivity index (χ2v) is 5.11. The minimum atomic E-state index is -4.82. The first kappa shape index (κ1) is 14.4. The van der Waals surface area contributed by atoms with Crippen molar-refractivity contribution in [1.29, 1.82) is 0 Å². The number of hydrogen-bond acceptors (Lipinski definition) is 3. The van der Waals surface area contributed by atoms with Crippen LogP contribution in [0.3, 0.4) is 0 Å². The number of carbonyl (C=O) groups is 1. The third kappa shape index (κ3) is 2.11. The molecular formula is C16H12F3NO2. The second-order valence-electron chi connectivity index (χ2n) is 5.11. The number of aryl methyl sites for hydroxylation is 1. The Morgan fingerprint density at radius 3 is 2.50 bits per heavy atom. The van der Waals surface area contributed by atoms with Gasteiger partial charge in [0.25, 0.3) is 0 Å². The van der Waals surface area contributed by atoms with Crippen LogP contribution in [-0.2, 0) is 10.5 Å². The van der Waals surface area contributed by atoms with E-state index in [1.54, 1.807) is 25.1 Å². The van der Waals surface area contributed by atoms with Crippen LogP contribution in [-0.4, -0.2) is 12.1 Å². The minimum Gasteiger partial charge on any atom is -0.421 e. The van der Waals surface area contributed by atoms with Crippen molar-refractivity contribution < 1.29 is 22.7 Å². The normalized spacial score (nSPS) is 20.8. The Bertz CT molecular complexity index is 742. The standard InChI is InChI=1S/C16H12F3NO2/c1-10-5-4-6-11(9-10)15(16(17,18)19)20-13-8-3-2-7-12(13)14(21)22-15/h2-9,20H,1H3/t15-/m0/s1. The molecule has 3 rings (SSSR count). The van der Waals surface area contributed by atoms with Gasteiger partial charge in [-0.05, 0) is 25.1 Å². The lowest BCUT2D eigenvalue weighted by Crippen LogP contribution is -2.54. The van der Waals surface area contributed by atoms with Crippen molar-refractivity contribution in [2.24, 2.45) is 0 Å². The average molecular weight is 307 g/mol. The molecule has 0 saturated carbocycles. The van der Waals surface area contributed by atoms with Gasteiger partial charge in [0, 0.05) is 5.56 Å². The Kier molecular flexibility index (Phi) is 3.12. The summed E-state index contributed by atoms with van der Waals surface area (Å²) in [4.78, 5) is 12.0. The van der Waals surface area contributed by atoms with Gasteiger partial charge in [0.05, 0.1) is 11.3 Å². The van der Waals surface area contributed by atoms with Crippen molar-refractivity contribution in [3.63, 3.8) is 0 Å². The van der Waals surface area contributed by atoms with Gasteiger partial charge in [-0.2, -0.15) is 13.2 Å². The highest BCUT2D eigenvalue weighted by Crippen LogP contribution is 2.46. The number of fused-ring (bicyclic) bond motifs is 1. The van der Waals surface area contributed by atoms with Crippen LogP contribution in [0, 0.1) is 6.92 Å². The summed E-state index contributed by atoms with van der Waals surface area (Å²) in [5.74, 6) is -1.01. The van der Waals surface area contributed by atoms with Gasteiger partial charge in [0.2, 0.25) is 0 Å². The molecule has 1 aliphatic heterocycles. The van der Waals surface area contributed by atoms with E-state index in [4.69, 9.17) is 4.74 Å². The van der Waals surface area contributed by atoms with Crippen LogP contribution in [0.1, 0.15) is 21.5 Å². The highest BCUT2D eigenvalue weighted by Gasteiger charge is 2.62. The number of carbonyl (C=O) groups excluding carboxylic acids is 1. The molecule has 0 fully saturated rings. The second kappa shape index (κ2) is 4.76.